The second-order valence-electron chi connectivity index (χ2n) is 7.68. The Kier molecular flexibility index (Phi) is 5.86. The molecule has 0 N–H and O–H groups in total. The average Bonchev–Trinajstić information content (AvgIpc) is 3.37. The van der Waals surface area contributed by atoms with Gasteiger partial charge in [-0.15, -0.1) is 11.3 Å². The quantitative estimate of drug-likeness (QED) is 0.175. The molecular weight excluding hydrogens is 516 g/mol. The summed E-state index contributed by atoms with van der Waals surface area (Å²) < 4.78 is 92.8. The van der Waals surface area contributed by atoms with E-state index in [1.807, 2.05) is 0 Å². The molecule has 0 saturated heterocycles. The molecule has 2 aromatic heterocycles. The number of rotatable bonds is 4. The van der Waals surface area contributed by atoms with E-state index in [0.29, 0.717) is 49.7 Å². The van der Waals surface area contributed by atoms with Crippen LogP contribution in [0.3, 0.4) is 0 Å². The Hall–Kier alpha value is -4.74. The fourth-order valence-electron chi connectivity index (χ4n) is 3.87. The molecule has 3 aromatic carbocycles. The molecule has 0 fully saturated rings. The van der Waals surface area contributed by atoms with Crippen LogP contribution in [0.5, 0.6) is 0 Å². The molecule has 11 heteroatoms. The molecule has 182 valence electrons. The lowest BCUT2D eigenvalue weighted by atomic mass is 10.1. The maximum atomic E-state index is 14.8. The minimum Gasteiger partial charge on any atom is -0.455 e. The van der Waals surface area contributed by atoms with E-state index in [9.17, 15) is 26.3 Å². The van der Waals surface area contributed by atoms with Gasteiger partial charge in [-0.3, -0.25) is 4.90 Å². The van der Waals surface area contributed by atoms with Gasteiger partial charge in [-0.05, 0) is 24.3 Å². The van der Waals surface area contributed by atoms with Crippen molar-refractivity contribution in [1.82, 2.24) is 0 Å². The number of allylic oxidation sites excluding steroid dienone is 1. The number of thiophene rings is 1. The third-order valence-corrected chi connectivity index (χ3v) is 6.44. The van der Waals surface area contributed by atoms with Crippen molar-refractivity contribution in [2.75, 3.05) is 4.90 Å². The zero-order valence-electron chi connectivity index (χ0n) is 18.1. The van der Waals surface area contributed by atoms with Crippen molar-refractivity contribution in [1.29, 1.82) is 10.5 Å². The van der Waals surface area contributed by atoms with Crippen LogP contribution in [0.25, 0.3) is 27.3 Å². The Balaban J connectivity index is 1.73. The van der Waals surface area contributed by atoms with Gasteiger partial charge in [-0.1, -0.05) is 0 Å². The highest BCUT2D eigenvalue weighted by molar-refractivity contribution is 7.20. The number of nitriles is 2. The molecule has 4 nitrogen and oxygen atoms in total. The predicted molar refractivity (Wildman–Crippen MR) is 125 cm³/mol. The second-order valence-corrected chi connectivity index (χ2v) is 8.76. The average molecular weight is 525 g/mol. The van der Waals surface area contributed by atoms with Gasteiger partial charge in [0.15, 0.2) is 23.3 Å². The molecule has 0 atom stereocenters. The maximum absolute atomic E-state index is 14.8. The van der Waals surface area contributed by atoms with Crippen molar-refractivity contribution in [3.63, 3.8) is 0 Å². The van der Waals surface area contributed by atoms with Gasteiger partial charge in [-0.2, -0.15) is 10.5 Å². The number of benzene rings is 3. The monoisotopic (exact) mass is 525 g/mol. The molecule has 0 amide bonds. The normalized spacial score (nSPS) is 10.9. The SMILES string of the molecule is N#CC(C#N)=Cc1cc2oc3cc(N(c4c(F)cc(F)cc4F)c4c(F)cc(F)cc4F)ccc3c2s1. The molecule has 5 rings (SSSR count). The molecule has 0 unspecified atom stereocenters. The van der Waals surface area contributed by atoms with Gasteiger partial charge in [0, 0.05) is 40.6 Å². The van der Waals surface area contributed by atoms with Gasteiger partial charge >= 0.3 is 0 Å². The predicted octanol–water partition coefficient (Wildman–Crippen LogP) is 8.38. The number of halogens is 6. The molecule has 37 heavy (non-hydrogen) atoms. The van der Waals surface area contributed by atoms with E-state index in [1.54, 1.807) is 18.2 Å². The lowest BCUT2D eigenvalue weighted by Crippen LogP contribution is -2.17. The van der Waals surface area contributed by atoms with Crippen molar-refractivity contribution in [2.45, 2.75) is 0 Å². The molecule has 0 aliphatic heterocycles. The largest absolute Gasteiger partial charge is 0.455 e. The van der Waals surface area contributed by atoms with Crippen LogP contribution in [0.4, 0.5) is 43.4 Å². The summed E-state index contributed by atoms with van der Waals surface area (Å²) in [6.07, 6.45) is 1.38. The molecule has 0 spiro atoms. The third kappa shape index (κ3) is 4.15. The van der Waals surface area contributed by atoms with Crippen molar-refractivity contribution >= 4 is 55.7 Å². The highest BCUT2D eigenvalue weighted by Gasteiger charge is 2.28. The van der Waals surface area contributed by atoms with Crippen molar-refractivity contribution in [3.8, 4) is 12.1 Å². The fraction of sp³-hybridized carbons (Fsp3) is 0. The summed E-state index contributed by atoms with van der Waals surface area (Å²) >= 11 is 1.20. The van der Waals surface area contributed by atoms with Crippen LogP contribution in [-0.4, -0.2) is 0 Å². The zero-order valence-corrected chi connectivity index (χ0v) is 18.9. The van der Waals surface area contributed by atoms with Gasteiger partial charge in [0.05, 0.1) is 10.4 Å². The van der Waals surface area contributed by atoms with Crippen LogP contribution in [-0.2, 0) is 0 Å². The third-order valence-electron chi connectivity index (χ3n) is 5.34. The molecule has 2 heterocycles. The van der Waals surface area contributed by atoms with Crippen LogP contribution in [0.1, 0.15) is 4.88 Å². The van der Waals surface area contributed by atoms with Gasteiger partial charge in [0.1, 0.15) is 51.9 Å². The number of hydrogen-bond acceptors (Lipinski definition) is 5. The first-order valence-electron chi connectivity index (χ1n) is 10.3. The van der Waals surface area contributed by atoms with Gasteiger partial charge in [0.25, 0.3) is 0 Å². The van der Waals surface area contributed by atoms with Crippen molar-refractivity contribution < 1.29 is 30.8 Å². The lowest BCUT2D eigenvalue weighted by Gasteiger charge is -2.27. The fourth-order valence-corrected chi connectivity index (χ4v) is 4.92. The minimum absolute atomic E-state index is 0.113. The van der Waals surface area contributed by atoms with E-state index in [2.05, 4.69) is 0 Å². The first-order valence-corrected chi connectivity index (χ1v) is 11.1. The second kappa shape index (κ2) is 9.04. The highest BCUT2D eigenvalue weighted by atomic mass is 32.1. The number of fused-ring (bicyclic) bond motifs is 3. The number of anilines is 3. The van der Waals surface area contributed by atoms with Crippen LogP contribution in [0.15, 0.2) is 58.5 Å². The minimum atomic E-state index is -1.46. The highest BCUT2D eigenvalue weighted by Crippen LogP contribution is 2.44. The molecule has 5 aromatic rings. The van der Waals surface area contributed by atoms with E-state index < -0.39 is 46.3 Å². The zero-order chi connectivity index (χ0) is 26.4. The molecule has 0 aliphatic carbocycles. The topological polar surface area (TPSA) is 64.0 Å². The molecule has 0 radical (unpaired) electrons. The summed E-state index contributed by atoms with van der Waals surface area (Å²) in [7, 11) is 0. The first-order chi connectivity index (χ1) is 17.7. The summed E-state index contributed by atoms with van der Waals surface area (Å²) in [5, 5.41) is 18.4. The Morgan fingerprint density at radius 1 is 0.757 bits per heavy atom. The van der Waals surface area contributed by atoms with Crippen LogP contribution in [0.2, 0.25) is 0 Å². The Labute approximate surface area is 208 Å². The molecule has 0 bridgehead atoms. The Bertz CT molecular complexity index is 1720. The van der Waals surface area contributed by atoms with E-state index in [-0.39, 0.29) is 16.8 Å². The van der Waals surface area contributed by atoms with Gasteiger partial charge < -0.3 is 4.42 Å². The van der Waals surface area contributed by atoms with Crippen molar-refractivity contribution in [2.24, 2.45) is 0 Å². The lowest BCUT2D eigenvalue weighted by molar-refractivity contribution is 0.535. The number of nitrogens with zero attached hydrogens (tertiary/aromatic N) is 3. The molecule has 0 saturated carbocycles. The summed E-state index contributed by atoms with van der Waals surface area (Å²) in [6, 6.07) is 10.5. The van der Waals surface area contributed by atoms with E-state index in [0.717, 1.165) is 0 Å². The van der Waals surface area contributed by atoms with Crippen LogP contribution >= 0.6 is 11.3 Å². The maximum Gasteiger partial charge on any atom is 0.153 e. The van der Waals surface area contributed by atoms with Crippen molar-refractivity contribution in [3.05, 3.63) is 93.9 Å². The van der Waals surface area contributed by atoms with E-state index in [1.165, 1.54) is 35.6 Å². The van der Waals surface area contributed by atoms with Gasteiger partial charge in [0.2, 0.25) is 0 Å². The summed E-state index contributed by atoms with van der Waals surface area (Å²) in [5.41, 5.74) is -1.73. The smallest absolute Gasteiger partial charge is 0.153 e. The van der Waals surface area contributed by atoms with Gasteiger partial charge in [-0.25, -0.2) is 26.3 Å². The molecular formula is C26H9F6N3OS. The summed E-state index contributed by atoms with van der Waals surface area (Å²) in [5.74, 6) is -8.32. The van der Waals surface area contributed by atoms with E-state index >= 15 is 0 Å². The summed E-state index contributed by atoms with van der Waals surface area (Å²) in [4.78, 5) is 1.09. The van der Waals surface area contributed by atoms with E-state index in [4.69, 9.17) is 14.9 Å². The van der Waals surface area contributed by atoms with Crippen LogP contribution < -0.4 is 4.90 Å². The number of furan rings is 1. The standard InChI is InChI=1S/C26H9F6N3OS/c27-13-4-18(29)24(19(30)5-13)35(25-20(31)6-14(28)7-21(25)32)15-1-2-17-22(8-15)36-23-9-16(37-26(17)23)3-12(10-33)11-34/h1-9H. The van der Waals surface area contributed by atoms with Crippen LogP contribution in [0, 0.1) is 57.6 Å². The first kappa shape index (κ1) is 24.0. The molecule has 0 aliphatic rings. The summed E-state index contributed by atoms with van der Waals surface area (Å²) in [6.45, 7) is 0. The Morgan fingerprint density at radius 3 is 1.81 bits per heavy atom. The Morgan fingerprint density at radius 2 is 1.30 bits per heavy atom. The number of hydrogen-bond donors (Lipinski definition) is 0.